The maximum absolute atomic E-state index is 12.5. The normalized spacial score (nSPS) is 15.8. The van der Waals surface area contributed by atoms with E-state index >= 15 is 0 Å². The summed E-state index contributed by atoms with van der Waals surface area (Å²) in [6.45, 7) is 0.648. The monoisotopic (exact) mass is 411 g/mol. The van der Waals surface area contributed by atoms with Crippen LogP contribution in [0, 0.1) is 0 Å². The van der Waals surface area contributed by atoms with Gasteiger partial charge in [0.25, 0.3) is 5.91 Å². The number of phenolic OH excluding ortho intramolecular Hbond substituents is 1. The molecule has 0 bridgehead atoms. The highest BCUT2D eigenvalue weighted by Gasteiger charge is 2.38. The van der Waals surface area contributed by atoms with Crippen molar-refractivity contribution >= 4 is 17.8 Å². The van der Waals surface area contributed by atoms with Crippen molar-refractivity contribution in [3.63, 3.8) is 0 Å². The van der Waals surface area contributed by atoms with Crippen LogP contribution in [0.15, 0.2) is 48.5 Å². The quantitative estimate of drug-likeness (QED) is 0.544. The van der Waals surface area contributed by atoms with Crippen LogP contribution in [0.3, 0.4) is 0 Å². The Balaban J connectivity index is 1.44. The molecule has 1 saturated heterocycles. The van der Waals surface area contributed by atoms with E-state index in [-0.39, 0.29) is 30.5 Å². The van der Waals surface area contributed by atoms with Gasteiger partial charge in [0, 0.05) is 13.1 Å². The number of carbonyl (C=O) groups is 3. The number of benzene rings is 2. The molecule has 1 fully saturated rings. The van der Waals surface area contributed by atoms with Crippen molar-refractivity contribution in [2.75, 3.05) is 20.2 Å². The van der Waals surface area contributed by atoms with E-state index in [4.69, 9.17) is 4.74 Å². The molecular formula is C22H25N3O5. The summed E-state index contributed by atoms with van der Waals surface area (Å²) in [5.41, 5.74) is 1.95. The fraction of sp³-hybridized carbons (Fsp3) is 0.318. The molecule has 0 unspecified atom stereocenters. The fourth-order valence-corrected chi connectivity index (χ4v) is 3.23. The molecule has 3 rings (SSSR count). The number of rotatable bonds is 9. The molecule has 0 aromatic heterocycles. The number of hydrogen-bond acceptors (Lipinski definition) is 5. The average molecular weight is 411 g/mol. The van der Waals surface area contributed by atoms with Gasteiger partial charge in [0.05, 0.1) is 13.5 Å². The third kappa shape index (κ3) is 5.50. The number of ether oxygens (including phenoxy) is 1. The van der Waals surface area contributed by atoms with Crippen molar-refractivity contribution in [1.29, 1.82) is 0 Å². The van der Waals surface area contributed by atoms with E-state index in [1.807, 2.05) is 24.3 Å². The number of methoxy groups -OCH3 is 1. The molecule has 0 spiro atoms. The van der Waals surface area contributed by atoms with Gasteiger partial charge in [-0.1, -0.05) is 24.3 Å². The molecule has 1 heterocycles. The summed E-state index contributed by atoms with van der Waals surface area (Å²) >= 11 is 0. The minimum Gasteiger partial charge on any atom is -0.508 e. The highest BCUT2D eigenvalue weighted by molar-refractivity contribution is 6.05. The number of hydrogen-bond donors (Lipinski definition) is 3. The van der Waals surface area contributed by atoms with Crippen LogP contribution < -0.4 is 15.4 Å². The number of urea groups is 1. The van der Waals surface area contributed by atoms with Crippen molar-refractivity contribution in [3.8, 4) is 11.5 Å². The Labute approximate surface area is 174 Å². The number of imide groups is 1. The molecule has 8 nitrogen and oxygen atoms in total. The van der Waals surface area contributed by atoms with Crippen molar-refractivity contribution < 1.29 is 24.2 Å². The van der Waals surface area contributed by atoms with Gasteiger partial charge < -0.3 is 20.5 Å². The molecule has 30 heavy (non-hydrogen) atoms. The van der Waals surface area contributed by atoms with Crippen LogP contribution in [0.25, 0.3) is 0 Å². The molecule has 1 aliphatic heterocycles. The molecule has 2 aromatic rings. The molecular weight excluding hydrogens is 386 g/mol. The highest BCUT2D eigenvalue weighted by Crippen LogP contribution is 2.15. The third-order valence-corrected chi connectivity index (χ3v) is 4.95. The van der Waals surface area contributed by atoms with Gasteiger partial charge in [0.15, 0.2) is 0 Å². The first-order chi connectivity index (χ1) is 14.5. The summed E-state index contributed by atoms with van der Waals surface area (Å²) in [7, 11) is 1.59. The predicted octanol–water partition coefficient (Wildman–Crippen LogP) is 1.61. The minimum absolute atomic E-state index is 0.0980. The third-order valence-electron chi connectivity index (χ3n) is 4.95. The Bertz CT molecular complexity index is 896. The van der Waals surface area contributed by atoms with E-state index in [0.717, 1.165) is 21.8 Å². The van der Waals surface area contributed by atoms with Crippen LogP contribution >= 0.6 is 0 Å². The van der Waals surface area contributed by atoms with Gasteiger partial charge in [-0.2, -0.15) is 0 Å². The number of nitrogens with one attached hydrogen (secondary N) is 2. The average Bonchev–Trinajstić information content (AvgIpc) is 3.00. The van der Waals surface area contributed by atoms with E-state index in [0.29, 0.717) is 19.4 Å². The van der Waals surface area contributed by atoms with Gasteiger partial charge >= 0.3 is 6.03 Å². The first-order valence-electron chi connectivity index (χ1n) is 9.75. The topological polar surface area (TPSA) is 108 Å². The number of aromatic hydroxyl groups is 1. The lowest BCUT2D eigenvalue weighted by Crippen LogP contribution is -2.37. The first kappa shape index (κ1) is 21.2. The van der Waals surface area contributed by atoms with E-state index in [1.54, 1.807) is 31.4 Å². The smallest absolute Gasteiger partial charge is 0.324 e. The minimum atomic E-state index is -0.845. The Morgan fingerprint density at radius 1 is 1.07 bits per heavy atom. The largest absolute Gasteiger partial charge is 0.508 e. The molecule has 4 amide bonds. The number of nitrogens with zero attached hydrogens (tertiary/aromatic N) is 1. The summed E-state index contributed by atoms with van der Waals surface area (Å²) in [5.74, 6) is 0.242. The van der Waals surface area contributed by atoms with E-state index in [2.05, 4.69) is 10.6 Å². The second-order valence-electron chi connectivity index (χ2n) is 7.06. The van der Waals surface area contributed by atoms with E-state index in [9.17, 15) is 19.5 Å². The summed E-state index contributed by atoms with van der Waals surface area (Å²) in [4.78, 5) is 38.0. The van der Waals surface area contributed by atoms with Crippen LogP contribution in [-0.2, 0) is 22.4 Å². The summed E-state index contributed by atoms with van der Waals surface area (Å²) in [6.07, 6.45) is 1.03. The van der Waals surface area contributed by atoms with Crippen molar-refractivity contribution in [3.05, 3.63) is 59.7 Å². The maximum Gasteiger partial charge on any atom is 0.324 e. The van der Waals surface area contributed by atoms with Crippen LogP contribution in [-0.4, -0.2) is 54.1 Å². The van der Waals surface area contributed by atoms with Crippen LogP contribution in [0.2, 0.25) is 0 Å². The van der Waals surface area contributed by atoms with Crippen LogP contribution in [0.5, 0.6) is 11.5 Å². The van der Waals surface area contributed by atoms with Gasteiger partial charge in [-0.05, 0) is 48.2 Å². The van der Waals surface area contributed by atoms with Gasteiger partial charge in [-0.3, -0.25) is 14.5 Å². The molecule has 2 aromatic carbocycles. The summed E-state index contributed by atoms with van der Waals surface area (Å²) in [5, 5.41) is 14.6. The van der Waals surface area contributed by atoms with E-state index < -0.39 is 12.1 Å². The van der Waals surface area contributed by atoms with Crippen LogP contribution in [0.1, 0.15) is 17.5 Å². The van der Waals surface area contributed by atoms with Gasteiger partial charge in [-0.15, -0.1) is 0 Å². The second kappa shape index (κ2) is 9.78. The molecule has 1 atom stereocenters. The number of amides is 4. The molecule has 3 N–H and O–H groups in total. The molecule has 158 valence electrons. The van der Waals surface area contributed by atoms with Gasteiger partial charge in [0.1, 0.15) is 17.5 Å². The van der Waals surface area contributed by atoms with Gasteiger partial charge in [-0.25, -0.2) is 4.79 Å². The zero-order valence-electron chi connectivity index (χ0n) is 16.8. The molecule has 0 saturated carbocycles. The predicted molar refractivity (Wildman–Crippen MR) is 110 cm³/mol. The zero-order valence-corrected chi connectivity index (χ0v) is 16.8. The Morgan fingerprint density at radius 2 is 1.70 bits per heavy atom. The van der Waals surface area contributed by atoms with Crippen LogP contribution in [0.4, 0.5) is 4.79 Å². The standard InChI is InChI=1S/C22H25N3O5/c1-30-18-8-4-16(5-9-18)11-13-25-21(28)19(24-22(25)29)14-20(27)23-12-10-15-2-6-17(26)7-3-15/h2-9,19,26H,10-14H2,1H3,(H,23,27)(H,24,29)/t19-/m1/s1. The lowest BCUT2D eigenvalue weighted by molar-refractivity contribution is -0.130. The molecule has 8 heteroatoms. The fourth-order valence-electron chi connectivity index (χ4n) is 3.23. The highest BCUT2D eigenvalue weighted by atomic mass is 16.5. The summed E-state index contributed by atoms with van der Waals surface area (Å²) in [6, 6.07) is 12.8. The lowest BCUT2D eigenvalue weighted by atomic mass is 10.1. The van der Waals surface area contributed by atoms with Crippen molar-refractivity contribution in [2.24, 2.45) is 0 Å². The Morgan fingerprint density at radius 3 is 2.37 bits per heavy atom. The van der Waals surface area contributed by atoms with Crippen molar-refractivity contribution in [1.82, 2.24) is 15.5 Å². The molecule has 1 aliphatic rings. The SMILES string of the molecule is COc1ccc(CCN2C(=O)N[C@H](CC(=O)NCCc3ccc(O)cc3)C2=O)cc1. The molecule has 0 radical (unpaired) electrons. The summed E-state index contributed by atoms with van der Waals surface area (Å²) < 4.78 is 5.11. The number of carbonyl (C=O) groups excluding carboxylic acids is 3. The molecule has 0 aliphatic carbocycles. The number of phenols is 1. The Kier molecular flexibility index (Phi) is 6.90. The zero-order chi connectivity index (χ0) is 21.5. The van der Waals surface area contributed by atoms with Crippen molar-refractivity contribution in [2.45, 2.75) is 25.3 Å². The maximum atomic E-state index is 12.5. The lowest BCUT2D eigenvalue weighted by Gasteiger charge is -2.13. The second-order valence-corrected chi connectivity index (χ2v) is 7.06. The Hall–Kier alpha value is -3.55. The first-order valence-corrected chi connectivity index (χ1v) is 9.75. The van der Waals surface area contributed by atoms with Gasteiger partial charge in [0.2, 0.25) is 5.91 Å². The van der Waals surface area contributed by atoms with E-state index in [1.165, 1.54) is 0 Å².